The SMILES string of the molecule is CCOC(=N)c1cscc1Br. The number of hydrogen-bond acceptors (Lipinski definition) is 3. The van der Waals surface area contributed by atoms with Crippen molar-refractivity contribution in [3.05, 3.63) is 20.8 Å². The predicted molar refractivity (Wildman–Crippen MR) is 50.5 cm³/mol. The van der Waals surface area contributed by atoms with Gasteiger partial charge in [-0.15, -0.1) is 0 Å². The Morgan fingerprint density at radius 3 is 2.91 bits per heavy atom. The Morgan fingerprint density at radius 2 is 2.45 bits per heavy atom. The maximum atomic E-state index is 7.44. The van der Waals surface area contributed by atoms with E-state index in [0.717, 1.165) is 10.0 Å². The third kappa shape index (κ3) is 2.04. The Labute approximate surface area is 77.8 Å². The number of rotatable bonds is 2. The van der Waals surface area contributed by atoms with Gasteiger partial charge in [0.25, 0.3) is 0 Å². The fourth-order valence-electron chi connectivity index (χ4n) is 0.666. The number of nitrogens with one attached hydrogen (secondary N) is 1. The molecule has 0 aliphatic rings. The van der Waals surface area contributed by atoms with Crippen LogP contribution in [0.5, 0.6) is 0 Å². The van der Waals surface area contributed by atoms with Crippen molar-refractivity contribution in [2.45, 2.75) is 6.92 Å². The molecular formula is C7H8BrNOS. The smallest absolute Gasteiger partial charge is 0.215 e. The van der Waals surface area contributed by atoms with E-state index in [0.29, 0.717) is 6.61 Å². The Bertz CT molecular complexity index is 259. The van der Waals surface area contributed by atoms with Gasteiger partial charge in [0, 0.05) is 15.2 Å². The van der Waals surface area contributed by atoms with E-state index < -0.39 is 0 Å². The lowest BCUT2D eigenvalue weighted by atomic mass is 10.3. The van der Waals surface area contributed by atoms with Crippen molar-refractivity contribution in [1.82, 2.24) is 0 Å². The van der Waals surface area contributed by atoms with E-state index in [1.165, 1.54) is 0 Å². The highest BCUT2D eigenvalue weighted by molar-refractivity contribution is 9.10. The molecule has 0 atom stereocenters. The van der Waals surface area contributed by atoms with Gasteiger partial charge in [-0.3, -0.25) is 5.41 Å². The van der Waals surface area contributed by atoms with Crippen LogP contribution in [0.4, 0.5) is 0 Å². The molecule has 0 saturated carbocycles. The van der Waals surface area contributed by atoms with Crippen LogP contribution < -0.4 is 0 Å². The van der Waals surface area contributed by atoms with Gasteiger partial charge in [0.2, 0.25) is 5.90 Å². The van der Waals surface area contributed by atoms with Gasteiger partial charge in [-0.1, -0.05) is 0 Å². The second kappa shape index (κ2) is 3.88. The third-order valence-electron chi connectivity index (χ3n) is 1.15. The van der Waals surface area contributed by atoms with Crippen molar-refractivity contribution in [3.63, 3.8) is 0 Å². The van der Waals surface area contributed by atoms with Crippen LogP contribution in [0.3, 0.4) is 0 Å². The van der Waals surface area contributed by atoms with Crippen LogP contribution in [0, 0.1) is 5.41 Å². The van der Waals surface area contributed by atoms with Crippen LogP contribution in [0.15, 0.2) is 15.2 Å². The zero-order valence-electron chi connectivity index (χ0n) is 6.06. The summed E-state index contributed by atoms with van der Waals surface area (Å²) in [7, 11) is 0. The van der Waals surface area contributed by atoms with Crippen molar-refractivity contribution < 1.29 is 4.74 Å². The molecule has 1 aromatic rings. The zero-order chi connectivity index (χ0) is 8.27. The van der Waals surface area contributed by atoms with Gasteiger partial charge >= 0.3 is 0 Å². The molecule has 1 heterocycles. The maximum Gasteiger partial charge on any atom is 0.215 e. The van der Waals surface area contributed by atoms with Crippen molar-refractivity contribution in [2.75, 3.05) is 6.61 Å². The molecule has 0 unspecified atom stereocenters. The molecule has 1 aromatic heterocycles. The first kappa shape index (κ1) is 8.74. The summed E-state index contributed by atoms with van der Waals surface area (Å²) in [6, 6.07) is 0. The monoisotopic (exact) mass is 233 g/mol. The van der Waals surface area contributed by atoms with E-state index in [2.05, 4.69) is 15.9 Å². The summed E-state index contributed by atoms with van der Waals surface area (Å²) in [5.74, 6) is 0.237. The normalized spacial score (nSPS) is 9.64. The number of thiophene rings is 1. The van der Waals surface area contributed by atoms with Gasteiger partial charge in [-0.2, -0.15) is 11.3 Å². The first-order chi connectivity index (χ1) is 5.25. The predicted octanol–water partition coefficient (Wildman–Crippen LogP) is 2.87. The zero-order valence-corrected chi connectivity index (χ0v) is 8.46. The van der Waals surface area contributed by atoms with Crippen LogP contribution in [-0.4, -0.2) is 12.5 Å². The molecule has 0 aliphatic heterocycles. The molecule has 0 radical (unpaired) electrons. The Hall–Kier alpha value is -0.350. The molecule has 0 spiro atoms. The quantitative estimate of drug-likeness (QED) is 0.619. The molecule has 0 aliphatic carbocycles. The molecule has 0 aromatic carbocycles. The largest absolute Gasteiger partial charge is 0.478 e. The summed E-state index contributed by atoms with van der Waals surface area (Å²) in [4.78, 5) is 0. The molecule has 11 heavy (non-hydrogen) atoms. The summed E-state index contributed by atoms with van der Waals surface area (Å²) >= 11 is 4.88. The van der Waals surface area contributed by atoms with Crippen molar-refractivity contribution >= 4 is 33.2 Å². The standard InChI is InChI=1S/C7H8BrNOS/c1-2-10-7(9)5-3-11-4-6(5)8/h3-4,9H,2H2,1H3. The van der Waals surface area contributed by atoms with E-state index in [-0.39, 0.29) is 5.90 Å². The molecule has 1 N–H and O–H groups in total. The number of halogens is 1. The topological polar surface area (TPSA) is 33.1 Å². The summed E-state index contributed by atoms with van der Waals surface area (Å²) in [5.41, 5.74) is 0.830. The Kier molecular flexibility index (Phi) is 3.08. The molecule has 0 saturated heterocycles. The van der Waals surface area contributed by atoms with Gasteiger partial charge in [-0.25, -0.2) is 0 Å². The highest BCUT2D eigenvalue weighted by Gasteiger charge is 2.06. The van der Waals surface area contributed by atoms with Crippen LogP contribution >= 0.6 is 27.3 Å². The van der Waals surface area contributed by atoms with Crippen molar-refractivity contribution in [2.24, 2.45) is 0 Å². The average Bonchev–Trinajstić information content (AvgIpc) is 2.36. The first-order valence-electron chi connectivity index (χ1n) is 3.19. The second-order valence-electron chi connectivity index (χ2n) is 1.90. The van der Waals surface area contributed by atoms with Gasteiger partial charge in [0.1, 0.15) is 0 Å². The van der Waals surface area contributed by atoms with Gasteiger partial charge in [-0.05, 0) is 22.9 Å². The van der Waals surface area contributed by atoms with Gasteiger partial charge < -0.3 is 4.74 Å². The fourth-order valence-corrected chi connectivity index (χ4v) is 2.12. The van der Waals surface area contributed by atoms with E-state index in [9.17, 15) is 0 Å². The van der Waals surface area contributed by atoms with E-state index >= 15 is 0 Å². The summed E-state index contributed by atoms with van der Waals surface area (Å²) in [6.07, 6.45) is 0. The highest BCUT2D eigenvalue weighted by Crippen LogP contribution is 2.21. The lowest BCUT2D eigenvalue weighted by Crippen LogP contribution is -2.03. The first-order valence-corrected chi connectivity index (χ1v) is 4.92. The van der Waals surface area contributed by atoms with Crippen molar-refractivity contribution in [3.8, 4) is 0 Å². The lowest BCUT2D eigenvalue weighted by molar-refractivity contribution is 0.325. The molecule has 4 heteroatoms. The average molecular weight is 234 g/mol. The number of ether oxygens (including phenoxy) is 1. The van der Waals surface area contributed by atoms with E-state index in [1.54, 1.807) is 11.3 Å². The van der Waals surface area contributed by atoms with Crippen molar-refractivity contribution in [1.29, 1.82) is 5.41 Å². The van der Waals surface area contributed by atoms with Crippen LogP contribution in [-0.2, 0) is 4.74 Å². The minimum atomic E-state index is 0.237. The van der Waals surface area contributed by atoms with E-state index in [1.807, 2.05) is 17.7 Å². The van der Waals surface area contributed by atoms with Gasteiger partial charge in [0.15, 0.2) is 0 Å². The Morgan fingerprint density at radius 1 is 1.73 bits per heavy atom. The highest BCUT2D eigenvalue weighted by atomic mass is 79.9. The molecule has 1 rings (SSSR count). The number of hydrogen-bond donors (Lipinski definition) is 1. The molecule has 60 valence electrons. The summed E-state index contributed by atoms with van der Waals surface area (Å²) in [6.45, 7) is 2.41. The molecule has 0 fully saturated rings. The van der Waals surface area contributed by atoms with Crippen LogP contribution in [0.2, 0.25) is 0 Å². The van der Waals surface area contributed by atoms with Gasteiger partial charge in [0.05, 0.1) is 12.2 Å². The minimum absolute atomic E-state index is 0.237. The Balaban J connectivity index is 2.76. The fraction of sp³-hybridized carbons (Fsp3) is 0.286. The molecular weight excluding hydrogens is 226 g/mol. The minimum Gasteiger partial charge on any atom is -0.478 e. The van der Waals surface area contributed by atoms with Crippen LogP contribution in [0.25, 0.3) is 0 Å². The molecule has 0 bridgehead atoms. The third-order valence-corrected chi connectivity index (χ3v) is 2.85. The van der Waals surface area contributed by atoms with E-state index in [4.69, 9.17) is 10.1 Å². The lowest BCUT2D eigenvalue weighted by Gasteiger charge is -2.01. The maximum absolute atomic E-state index is 7.44. The summed E-state index contributed by atoms with van der Waals surface area (Å²) in [5, 5.41) is 11.3. The second-order valence-corrected chi connectivity index (χ2v) is 3.49. The molecule has 0 amide bonds. The van der Waals surface area contributed by atoms with Crippen LogP contribution in [0.1, 0.15) is 12.5 Å². The summed E-state index contributed by atoms with van der Waals surface area (Å²) < 4.78 is 5.96. The molecule has 2 nitrogen and oxygen atoms in total.